The van der Waals surface area contributed by atoms with Gasteiger partial charge >= 0.3 is 0 Å². The molecular formula is C19H22N6O2. The van der Waals surface area contributed by atoms with Crippen LogP contribution < -0.4 is 15.5 Å². The average Bonchev–Trinajstić information content (AvgIpc) is 2.69. The molecule has 8 nitrogen and oxygen atoms in total. The molecule has 27 heavy (non-hydrogen) atoms. The third-order valence-electron chi connectivity index (χ3n) is 4.91. The number of hydrogen-bond donors (Lipinski definition) is 2. The zero-order chi connectivity index (χ0) is 18.6. The predicted octanol–water partition coefficient (Wildman–Crippen LogP) is 0.798. The van der Waals surface area contributed by atoms with E-state index in [1.165, 1.54) is 0 Å². The number of para-hydroxylation sites is 1. The van der Waals surface area contributed by atoms with Gasteiger partial charge < -0.3 is 15.5 Å². The number of nitrogens with one attached hydrogen (secondary N) is 2. The van der Waals surface area contributed by atoms with E-state index >= 15 is 0 Å². The van der Waals surface area contributed by atoms with Crippen LogP contribution in [0, 0.1) is 0 Å². The van der Waals surface area contributed by atoms with E-state index in [-0.39, 0.29) is 24.3 Å². The Labute approximate surface area is 157 Å². The fourth-order valence-electron chi connectivity index (χ4n) is 3.54. The number of hydrogen-bond acceptors (Lipinski definition) is 6. The van der Waals surface area contributed by atoms with Crippen molar-refractivity contribution in [3.8, 4) is 0 Å². The third kappa shape index (κ3) is 4.06. The van der Waals surface area contributed by atoms with Gasteiger partial charge in [-0.3, -0.25) is 14.5 Å². The Bertz CT molecular complexity index is 820. The van der Waals surface area contributed by atoms with Crippen molar-refractivity contribution in [1.29, 1.82) is 0 Å². The lowest BCUT2D eigenvalue weighted by Crippen LogP contribution is -2.50. The van der Waals surface area contributed by atoms with Gasteiger partial charge in [-0.1, -0.05) is 18.2 Å². The van der Waals surface area contributed by atoms with Crippen LogP contribution in [0.1, 0.15) is 18.0 Å². The van der Waals surface area contributed by atoms with Gasteiger partial charge in [0.1, 0.15) is 0 Å². The minimum atomic E-state index is -0.276. The molecule has 0 bridgehead atoms. The molecule has 1 fully saturated rings. The van der Waals surface area contributed by atoms with Crippen molar-refractivity contribution in [1.82, 2.24) is 20.2 Å². The number of nitrogens with zero attached hydrogens (tertiary/aromatic N) is 4. The lowest BCUT2D eigenvalue weighted by molar-refractivity contribution is -0.123. The normalized spacial score (nSPS) is 19.9. The second-order valence-corrected chi connectivity index (χ2v) is 6.77. The summed E-state index contributed by atoms with van der Waals surface area (Å²) in [5.41, 5.74) is 1.73. The Morgan fingerprint density at radius 2 is 1.85 bits per heavy atom. The molecule has 1 saturated heterocycles. The molecule has 0 radical (unpaired) electrons. The smallest absolute Gasteiger partial charge is 0.234 e. The van der Waals surface area contributed by atoms with Crippen molar-refractivity contribution >= 4 is 23.5 Å². The van der Waals surface area contributed by atoms with Crippen molar-refractivity contribution in [3.05, 3.63) is 48.3 Å². The van der Waals surface area contributed by atoms with Crippen LogP contribution in [-0.2, 0) is 9.59 Å². The molecule has 2 aliphatic rings. The van der Waals surface area contributed by atoms with E-state index in [4.69, 9.17) is 0 Å². The van der Waals surface area contributed by atoms with Crippen LogP contribution in [0.2, 0.25) is 0 Å². The second-order valence-electron chi connectivity index (χ2n) is 6.77. The number of rotatable bonds is 4. The Morgan fingerprint density at radius 1 is 1.11 bits per heavy atom. The maximum atomic E-state index is 12.5. The van der Waals surface area contributed by atoms with Crippen LogP contribution >= 0.6 is 0 Å². The van der Waals surface area contributed by atoms with Gasteiger partial charge in [-0.15, -0.1) is 0 Å². The van der Waals surface area contributed by atoms with Crippen LogP contribution in [0.3, 0.4) is 0 Å². The Morgan fingerprint density at radius 3 is 2.63 bits per heavy atom. The molecule has 0 spiro atoms. The summed E-state index contributed by atoms with van der Waals surface area (Å²) < 4.78 is 0. The minimum absolute atomic E-state index is 0.0612. The Kier molecular flexibility index (Phi) is 4.97. The van der Waals surface area contributed by atoms with E-state index in [1.807, 2.05) is 24.3 Å². The number of carbonyl (C=O) groups excluding carboxylic acids is 2. The molecule has 8 heteroatoms. The lowest BCUT2D eigenvalue weighted by atomic mass is 9.97. The molecule has 2 aromatic rings. The van der Waals surface area contributed by atoms with E-state index in [9.17, 15) is 9.59 Å². The molecule has 2 N–H and O–H groups in total. The fourth-order valence-corrected chi connectivity index (χ4v) is 3.54. The summed E-state index contributed by atoms with van der Waals surface area (Å²) in [5.74, 6) is 0.593. The monoisotopic (exact) mass is 366 g/mol. The molecule has 0 unspecified atom stereocenters. The van der Waals surface area contributed by atoms with Crippen molar-refractivity contribution in [3.63, 3.8) is 0 Å². The van der Waals surface area contributed by atoms with Gasteiger partial charge in [-0.2, -0.15) is 0 Å². The highest BCUT2D eigenvalue weighted by atomic mass is 16.2. The fraction of sp³-hybridized carbons (Fsp3) is 0.368. The van der Waals surface area contributed by atoms with Crippen LogP contribution in [0.15, 0.2) is 42.7 Å². The van der Waals surface area contributed by atoms with Crippen LogP contribution in [0.5, 0.6) is 0 Å². The maximum absolute atomic E-state index is 12.5. The molecule has 3 heterocycles. The van der Waals surface area contributed by atoms with E-state index in [2.05, 4.69) is 30.4 Å². The highest BCUT2D eigenvalue weighted by molar-refractivity contribution is 5.95. The summed E-state index contributed by atoms with van der Waals surface area (Å²) in [4.78, 5) is 37.2. The highest BCUT2D eigenvalue weighted by Crippen LogP contribution is 2.29. The van der Waals surface area contributed by atoms with Crippen LogP contribution in [-0.4, -0.2) is 59.4 Å². The first-order valence-electron chi connectivity index (χ1n) is 9.11. The summed E-state index contributed by atoms with van der Waals surface area (Å²) in [6, 6.07) is 9.11. The number of fused-ring (bicyclic) bond motifs is 1. The van der Waals surface area contributed by atoms with Gasteiger partial charge in [0.25, 0.3) is 0 Å². The molecule has 0 saturated carbocycles. The Hall–Kier alpha value is -3.00. The van der Waals surface area contributed by atoms with Gasteiger partial charge in [0.15, 0.2) is 0 Å². The summed E-state index contributed by atoms with van der Waals surface area (Å²) in [7, 11) is 0. The van der Waals surface area contributed by atoms with Crippen molar-refractivity contribution < 1.29 is 9.59 Å². The molecule has 0 aliphatic carbocycles. The summed E-state index contributed by atoms with van der Waals surface area (Å²) >= 11 is 0. The van der Waals surface area contributed by atoms with E-state index in [1.54, 1.807) is 18.5 Å². The standard InChI is InChI=1S/C19H22N6O2/c26-17-12-16(14-4-1-2-5-15(14)22-17)23-18(27)13-24-8-10-25(11-9-24)19-20-6-3-7-21-19/h1-7,16H,8-13H2,(H,22,26)(H,23,27)/t16-/m0/s1. The van der Waals surface area contributed by atoms with Crippen molar-refractivity contribution in [2.75, 3.05) is 42.9 Å². The number of carbonyl (C=O) groups is 2. The van der Waals surface area contributed by atoms with Crippen molar-refractivity contribution in [2.45, 2.75) is 12.5 Å². The summed E-state index contributed by atoms with van der Waals surface area (Å²) in [5, 5.41) is 5.86. The molecule has 4 rings (SSSR count). The molecular weight excluding hydrogens is 344 g/mol. The largest absolute Gasteiger partial charge is 0.348 e. The quantitative estimate of drug-likeness (QED) is 0.832. The first-order valence-corrected chi connectivity index (χ1v) is 9.11. The zero-order valence-corrected chi connectivity index (χ0v) is 15.0. The van der Waals surface area contributed by atoms with Gasteiger partial charge in [0, 0.05) is 44.3 Å². The van der Waals surface area contributed by atoms with E-state index in [0.717, 1.165) is 43.4 Å². The third-order valence-corrected chi connectivity index (χ3v) is 4.91. The van der Waals surface area contributed by atoms with Crippen molar-refractivity contribution in [2.24, 2.45) is 0 Å². The molecule has 1 atom stereocenters. The minimum Gasteiger partial charge on any atom is -0.348 e. The molecule has 140 valence electrons. The highest BCUT2D eigenvalue weighted by Gasteiger charge is 2.27. The van der Waals surface area contributed by atoms with E-state index < -0.39 is 0 Å². The molecule has 2 aliphatic heterocycles. The SMILES string of the molecule is O=C1C[C@H](NC(=O)CN2CCN(c3ncccn3)CC2)c2ccccc2N1. The summed E-state index contributed by atoms with van der Waals surface area (Å²) in [6.07, 6.45) is 3.74. The lowest BCUT2D eigenvalue weighted by Gasteiger charge is -2.34. The van der Waals surface area contributed by atoms with E-state index in [0.29, 0.717) is 6.54 Å². The molecule has 1 aromatic heterocycles. The number of benzene rings is 1. The number of piperazine rings is 1. The number of aromatic nitrogens is 2. The second kappa shape index (κ2) is 7.71. The van der Waals surface area contributed by atoms with Crippen LogP contribution in [0.4, 0.5) is 11.6 Å². The molecule has 2 amide bonds. The maximum Gasteiger partial charge on any atom is 0.234 e. The molecule has 1 aromatic carbocycles. The first kappa shape index (κ1) is 17.4. The van der Waals surface area contributed by atoms with Gasteiger partial charge in [0.2, 0.25) is 17.8 Å². The predicted molar refractivity (Wildman–Crippen MR) is 101 cm³/mol. The average molecular weight is 366 g/mol. The van der Waals surface area contributed by atoms with Crippen LogP contribution in [0.25, 0.3) is 0 Å². The Balaban J connectivity index is 1.31. The number of anilines is 2. The number of amides is 2. The van der Waals surface area contributed by atoms with Gasteiger partial charge in [0.05, 0.1) is 19.0 Å². The topological polar surface area (TPSA) is 90.5 Å². The zero-order valence-electron chi connectivity index (χ0n) is 15.0. The first-order chi connectivity index (χ1) is 13.2. The summed E-state index contributed by atoms with van der Waals surface area (Å²) in [6.45, 7) is 3.43. The van der Waals surface area contributed by atoms with Gasteiger partial charge in [-0.25, -0.2) is 9.97 Å². The van der Waals surface area contributed by atoms with Gasteiger partial charge in [-0.05, 0) is 17.7 Å².